The summed E-state index contributed by atoms with van der Waals surface area (Å²) in [6.45, 7) is 4.29. The summed E-state index contributed by atoms with van der Waals surface area (Å²) in [5, 5.41) is 0. The quantitative estimate of drug-likeness (QED) is 0.683. The average molecular weight is 241 g/mol. The second kappa shape index (κ2) is 6.36. The van der Waals surface area contributed by atoms with Crippen molar-refractivity contribution in [3.05, 3.63) is 0 Å². The smallest absolute Gasteiger partial charge is 0.308 e. The Morgan fingerprint density at radius 3 is 2.59 bits per heavy atom. The number of methoxy groups -OCH3 is 1. The van der Waals surface area contributed by atoms with Gasteiger partial charge in [0.1, 0.15) is 0 Å². The van der Waals surface area contributed by atoms with E-state index in [0.29, 0.717) is 0 Å². The normalized spacial score (nSPS) is 29.7. The highest BCUT2D eigenvalue weighted by Gasteiger charge is 2.35. The maximum absolute atomic E-state index is 11.2. The van der Waals surface area contributed by atoms with Gasteiger partial charge in [0.05, 0.1) is 25.7 Å². The maximum atomic E-state index is 11.2. The summed E-state index contributed by atoms with van der Waals surface area (Å²) in [6, 6.07) is 0. The number of nitrogens with zero attached hydrogens (tertiary/aromatic N) is 1. The van der Waals surface area contributed by atoms with E-state index in [1.54, 1.807) is 0 Å². The van der Waals surface area contributed by atoms with Gasteiger partial charge in [0.15, 0.2) is 0 Å². The molecule has 1 saturated carbocycles. The monoisotopic (exact) mass is 241 g/mol. The van der Waals surface area contributed by atoms with Gasteiger partial charge in [-0.2, -0.15) is 0 Å². The molecule has 1 heterocycles. The first-order valence-corrected chi connectivity index (χ1v) is 6.71. The Morgan fingerprint density at radius 2 is 1.94 bits per heavy atom. The highest BCUT2D eigenvalue weighted by Crippen LogP contribution is 2.30. The molecule has 0 aromatic heterocycles. The van der Waals surface area contributed by atoms with Gasteiger partial charge in [-0.25, -0.2) is 0 Å². The van der Waals surface area contributed by atoms with Crippen LogP contribution in [0.5, 0.6) is 0 Å². The third-order valence-corrected chi connectivity index (χ3v) is 3.84. The van der Waals surface area contributed by atoms with Gasteiger partial charge in [-0.1, -0.05) is 6.42 Å². The van der Waals surface area contributed by atoms with Gasteiger partial charge in [0.25, 0.3) is 0 Å². The summed E-state index contributed by atoms with van der Waals surface area (Å²) in [5.74, 6) is 0.000803. The van der Waals surface area contributed by atoms with Gasteiger partial charge in [0, 0.05) is 6.54 Å². The van der Waals surface area contributed by atoms with Crippen LogP contribution in [0.15, 0.2) is 0 Å². The Morgan fingerprint density at radius 1 is 1.24 bits per heavy atom. The molecule has 1 aliphatic carbocycles. The number of hydrogen-bond donors (Lipinski definition) is 0. The number of esters is 1. The summed E-state index contributed by atoms with van der Waals surface area (Å²) in [4.78, 5) is 13.6. The van der Waals surface area contributed by atoms with Crippen molar-refractivity contribution in [2.45, 2.75) is 38.2 Å². The van der Waals surface area contributed by atoms with Crippen molar-refractivity contribution in [1.82, 2.24) is 4.90 Å². The fourth-order valence-electron chi connectivity index (χ4n) is 2.59. The fraction of sp³-hybridized carbons (Fsp3) is 0.923. The van der Waals surface area contributed by atoms with Crippen molar-refractivity contribution in [1.29, 1.82) is 0 Å². The topological polar surface area (TPSA) is 38.8 Å². The molecule has 1 aliphatic heterocycles. The second-order valence-electron chi connectivity index (χ2n) is 5.09. The van der Waals surface area contributed by atoms with Gasteiger partial charge in [-0.3, -0.25) is 4.79 Å². The van der Waals surface area contributed by atoms with Crippen LogP contribution in [0.2, 0.25) is 0 Å². The van der Waals surface area contributed by atoms with E-state index in [1.807, 2.05) is 0 Å². The molecule has 0 radical (unpaired) electrons. The first-order chi connectivity index (χ1) is 8.29. The number of carbonyl (C=O) groups excluding carboxylic acids is 1. The van der Waals surface area contributed by atoms with E-state index in [0.717, 1.165) is 26.0 Å². The zero-order chi connectivity index (χ0) is 12.1. The van der Waals surface area contributed by atoms with Crippen LogP contribution >= 0.6 is 0 Å². The van der Waals surface area contributed by atoms with E-state index in [1.165, 1.54) is 39.5 Å². The largest absolute Gasteiger partial charge is 0.469 e. The predicted octanol–water partition coefficient (Wildman–Crippen LogP) is 1.44. The van der Waals surface area contributed by atoms with Crippen molar-refractivity contribution in [3.63, 3.8) is 0 Å². The molecular formula is C13H23NO3. The first kappa shape index (κ1) is 12.8. The molecule has 2 aliphatic rings. The van der Waals surface area contributed by atoms with Crippen molar-refractivity contribution in [3.8, 4) is 0 Å². The van der Waals surface area contributed by atoms with Crippen molar-refractivity contribution < 1.29 is 14.3 Å². The van der Waals surface area contributed by atoms with Crippen molar-refractivity contribution >= 4 is 5.97 Å². The van der Waals surface area contributed by atoms with Crippen LogP contribution in [0, 0.1) is 5.92 Å². The van der Waals surface area contributed by atoms with E-state index in [-0.39, 0.29) is 18.0 Å². The summed E-state index contributed by atoms with van der Waals surface area (Å²) in [5.41, 5.74) is 0. The molecular weight excluding hydrogens is 218 g/mol. The molecule has 0 unspecified atom stereocenters. The zero-order valence-corrected chi connectivity index (χ0v) is 10.7. The van der Waals surface area contributed by atoms with Crippen LogP contribution in [-0.2, 0) is 14.3 Å². The van der Waals surface area contributed by atoms with E-state index < -0.39 is 0 Å². The predicted molar refractivity (Wildman–Crippen MR) is 64.8 cm³/mol. The molecule has 17 heavy (non-hydrogen) atoms. The van der Waals surface area contributed by atoms with Gasteiger partial charge < -0.3 is 14.4 Å². The van der Waals surface area contributed by atoms with Gasteiger partial charge in [0.2, 0.25) is 0 Å². The SMILES string of the molecule is COC(=O)C1CC(OCCN2CCCCC2)C1. The van der Waals surface area contributed by atoms with E-state index in [2.05, 4.69) is 4.90 Å². The molecule has 0 aromatic carbocycles. The third-order valence-electron chi connectivity index (χ3n) is 3.84. The zero-order valence-electron chi connectivity index (χ0n) is 10.7. The molecule has 0 bridgehead atoms. The highest BCUT2D eigenvalue weighted by molar-refractivity contribution is 5.73. The second-order valence-corrected chi connectivity index (χ2v) is 5.09. The molecule has 1 saturated heterocycles. The van der Waals surface area contributed by atoms with Crippen LogP contribution in [0.25, 0.3) is 0 Å². The Kier molecular flexibility index (Phi) is 4.80. The number of rotatable bonds is 5. The molecule has 0 amide bonds. The first-order valence-electron chi connectivity index (χ1n) is 6.71. The maximum Gasteiger partial charge on any atom is 0.308 e. The average Bonchev–Trinajstić information content (AvgIpc) is 2.32. The van der Waals surface area contributed by atoms with Crippen LogP contribution in [0.4, 0.5) is 0 Å². The molecule has 98 valence electrons. The molecule has 2 rings (SSSR count). The molecule has 0 atom stereocenters. The molecule has 0 spiro atoms. The van der Waals surface area contributed by atoms with Gasteiger partial charge >= 0.3 is 5.97 Å². The molecule has 0 aromatic rings. The fourth-order valence-corrected chi connectivity index (χ4v) is 2.59. The van der Waals surface area contributed by atoms with Gasteiger partial charge in [-0.15, -0.1) is 0 Å². The van der Waals surface area contributed by atoms with Crippen molar-refractivity contribution in [2.75, 3.05) is 33.4 Å². The van der Waals surface area contributed by atoms with Crippen LogP contribution in [-0.4, -0.2) is 50.3 Å². The Labute approximate surface area is 103 Å². The summed E-state index contributed by atoms with van der Waals surface area (Å²) < 4.78 is 10.5. The molecule has 4 nitrogen and oxygen atoms in total. The number of carbonyl (C=O) groups is 1. The Balaban J connectivity index is 1.51. The van der Waals surface area contributed by atoms with E-state index in [9.17, 15) is 4.79 Å². The minimum absolute atomic E-state index is 0.0825. The minimum Gasteiger partial charge on any atom is -0.469 e. The Hall–Kier alpha value is -0.610. The lowest BCUT2D eigenvalue weighted by atomic mass is 9.82. The highest BCUT2D eigenvalue weighted by atomic mass is 16.5. The lowest BCUT2D eigenvalue weighted by Crippen LogP contribution is -2.39. The van der Waals surface area contributed by atoms with Crippen LogP contribution in [0.1, 0.15) is 32.1 Å². The number of ether oxygens (including phenoxy) is 2. The third kappa shape index (κ3) is 3.68. The van der Waals surface area contributed by atoms with Gasteiger partial charge in [-0.05, 0) is 38.8 Å². The summed E-state index contributed by atoms with van der Waals surface area (Å²) in [6.07, 6.45) is 5.99. The summed E-state index contributed by atoms with van der Waals surface area (Å²) in [7, 11) is 1.45. The van der Waals surface area contributed by atoms with Crippen LogP contribution in [0.3, 0.4) is 0 Å². The standard InChI is InChI=1S/C13H23NO3/c1-16-13(15)11-9-12(10-11)17-8-7-14-5-3-2-4-6-14/h11-12H,2-10H2,1H3. The number of likely N-dealkylation sites (tertiary alicyclic amines) is 1. The molecule has 2 fully saturated rings. The van der Waals surface area contributed by atoms with Crippen molar-refractivity contribution in [2.24, 2.45) is 5.92 Å². The number of hydrogen-bond acceptors (Lipinski definition) is 4. The molecule has 0 N–H and O–H groups in total. The summed E-state index contributed by atoms with van der Waals surface area (Å²) >= 11 is 0. The lowest BCUT2D eigenvalue weighted by molar-refractivity contribution is -0.155. The van der Waals surface area contributed by atoms with Crippen LogP contribution < -0.4 is 0 Å². The Bertz CT molecular complexity index is 245. The molecule has 4 heteroatoms. The van der Waals surface area contributed by atoms with E-state index in [4.69, 9.17) is 9.47 Å². The number of piperidine rings is 1. The minimum atomic E-state index is -0.0825. The van der Waals surface area contributed by atoms with E-state index >= 15 is 0 Å². The lowest BCUT2D eigenvalue weighted by Gasteiger charge is -2.34.